The van der Waals surface area contributed by atoms with Crippen molar-refractivity contribution in [3.8, 4) is 34.5 Å². The summed E-state index contributed by atoms with van der Waals surface area (Å²) in [5.41, 5.74) is 0.237. The molecule has 2 aromatic carbocycles. The van der Waals surface area contributed by atoms with E-state index in [0.29, 0.717) is 0 Å². The fourth-order valence-electron chi connectivity index (χ4n) is 3.37. The van der Waals surface area contributed by atoms with Crippen LogP contribution in [0.5, 0.6) is 34.5 Å². The normalized spacial score (nSPS) is 27.7. The van der Waals surface area contributed by atoms with Crippen LogP contribution < -0.4 is 4.74 Å². The Hall–Kier alpha value is -3.38. The van der Waals surface area contributed by atoms with Gasteiger partial charge in [-0.3, -0.25) is 0 Å². The first-order valence-corrected chi connectivity index (χ1v) is 9.17. The Labute approximate surface area is 174 Å². The van der Waals surface area contributed by atoms with E-state index in [9.17, 15) is 40.9 Å². The fourth-order valence-corrected chi connectivity index (χ4v) is 3.37. The minimum Gasteiger partial charge on any atom is -0.508 e. The first-order chi connectivity index (χ1) is 14.7. The second kappa shape index (κ2) is 7.71. The first kappa shape index (κ1) is 20.9. The van der Waals surface area contributed by atoms with Crippen molar-refractivity contribution in [3.05, 3.63) is 41.2 Å². The van der Waals surface area contributed by atoms with E-state index in [4.69, 9.17) is 14.2 Å². The van der Waals surface area contributed by atoms with Crippen LogP contribution in [0.15, 0.2) is 30.0 Å². The maximum atomic E-state index is 10.2. The average Bonchev–Trinajstić information content (AvgIpc) is 2.72. The van der Waals surface area contributed by atoms with Gasteiger partial charge in [-0.1, -0.05) is 0 Å². The molecule has 1 saturated heterocycles. The maximum Gasteiger partial charge on any atom is 0.228 e. The summed E-state index contributed by atoms with van der Waals surface area (Å²) >= 11 is 0. The molecule has 1 fully saturated rings. The van der Waals surface area contributed by atoms with Gasteiger partial charge in [0.15, 0.2) is 23.4 Å². The van der Waals surface area contributed by atoms with E-state index >= 15 is 0 Å². The molecule has 2 aliphatic heterocycles. The number of rotatable bonds is 3. The summed E-state index contributed by atoms with van der Waals surface area (Å²) in [7, 11) is 0. The molecule has 2 aliphatic rings. The summed E-state index contributed by atoms with van der Waals surface area (Å²) in [6.45, 7) is -0.321. The van der Waals surface area contributed by atoms with E-state index in [0.717, 1.165) is 18.2 Å². The second-order valence-electron chi connectivity index (χ2n) is 7.20. The highest BCUT2D eigenvalue weighted by molar-refractivity contribution is 5.70. The third-order valence-electron chi connectivity index (χ3n) is 5.00. The fraction of sp³-hybridized carbons (Fsp3) is 0.300. The Bertz CT molecular complexity index is 1010. The lowest BCUT2D eigenvalue weighted by molar-refractivity contribution is -0.261. The zero-order valence-corrected chi connectivity index (χ0v) is 15.8. The lowest BCUT2D eigenvalue weighted by Gasteiger charge is -2.37. The lowest BCUT2D eigenvalue weighted by Crippen LogP contribution is -2.53. The summed E-state index contributed by atoms with van der Waals surface area (Å²) in [5, 5.41) is 79.0. The number of hydrogen-bond donors (Lipinski definition) is 8. The van der Waals surface area contributed by atoms with E-state index in [1.807, 2.05) is 0 Å². The van der Waals surface area contributed by atoms with Gasteiger partial charge < -0.3 is 55.1 Å². The molecule has 5 atom stereocenters. The topological polar surface area (TPSA) is 190 Å². The van der Waals surface area contributed by atoms with E-state index in [-0.39, 0.29) is 40.7 Å². The van der Waals surface area contributed by atoms with Crippen LogP contribution in [0.1, 0.15) is 17.2 Å². The van der Waals surface area contributed by atoms with E-state index in [1.165, 1.54) is 12.1 Å². The second-order valence-corrected chi connectivity index (χ2v) is 7.20. The largest absolute Gasteiger partial charge is 0.508 e. The molecule has 0 radical (unpaired) electrons. The molecule has 8 N–H and O–H groups in total. The van der Waals surface area contributed by atoms with Gasteiger partial charge >= 0.3 is 0 Å². The molecule has 0 amide bonds. The van der Waals surface area contributed by atoms with Crippen molar-refractivity contribution >= 4 is 6.08 Å². The van der Waals surface area contributed by atoms with Gasteiger partial charge in [0.25, 0.3) is 0 Å². The minimum atomic E-state index is -1.62. The smallest absolute Gasteiger partial charge is 0.228 e. The quantitative estimate of drug-likeness (QED) is 0.306. The van der Waals surface area contributed by atoms with E-state index < -0.39 is 48.0 Å². The van der Waals surface area contributed by atoms with Crippen LogP contribution in [0.3, 0.4) is 0 Å². The van der Waals surface area contributed by atoms with Crippen molar-refractivity contribution in [2.24, 2.45) is 0 Å². The molecule has 11 nitrogen and oxygen atoms in total. The number of aromatic hydroxyl groups is 5. The number of ether oxygens (including phenoxy) is 3. The highest BCUT2D eigenvalue weighted by Gasteiger charge is 2.41. The van der Waals surface area contributed by atoms with Crippen molar-refractivity contribution in [3.63, 3.8) is 0 Å². The zero-order valence-electron chi connectivity index (χ0n) is 15.8. The number of hydrogen-bond acceptors (Lipinski definition) is 11. The van der Waals surface area contributed by atoms with Crippen molar-refractivity contribution in [1.29, 1.82) is 0 Å². The highest BCUT2D eigenvalue weighted by Crippen LogP contribution is 2.46. The van der Waals surface area contributed by atoms with Crippen LogP contribution in [0.4, 0.5) is 0 Å². The monoisotopic (exact) mass is 436 g/mol. The van der Waals surface area contributed by atoms with Crippen molar-refractivity contribution in [2.75, 3.05) is 6.61 Å². The summed E-state index contributed by atoms with van der Waals surface area (Å²) in [5.74, 6) is -2.68. The molecule has 11 heteroatoms. The molecule has 1 unspecified atom stereocenters. The summed E-state index contributed by atoms with van der Waals surface area (Å²) < 4.78 is 16.7. The SMILES string of the molecule is Oc1cc(O)c2c(c1)OC(c1cc(O)c(O)c(O)c1)C(O[C@H]1OC[C@H](O)[C@H](O)[C@H]1O)=C2. The third-order valence-corrected chi connectivity index (χ3v) is 5.00. The molecule has 166 valence electrons. The predicted molar refractivity (Wildman–Crippen MR) is 101 cm³/mol. The van der Waals surface area contributed by atoms with Crippen LogP contribution in [-0.4, -0.2) is 72.1 Å². The average molecular weight is 436 g/mol. The molecular weight excluding hydrogens is 416 g/mol. The Morgan fingerprint density at radius 3 is 2.19 bits per heavy atom. The summed E-state index contributed by atoms with van der Waals surface area (Å²) in [4.78, 5) is 0. The standard InChI is InChI=1S/C20H20O11/c21-8-3-10(22)9-5-15(31-20-18(28)17(27)13(25)6-29-20)19(30-14(9)4-8)7-1-11(23)16(26)12(24)2-7/h1-5,13,17-28H,6H2/t13-,17-,18+,19?,20+/m0/s1. The minimum absolute atomic E-state index is 0.0440. The van der Waals surface area contributed by atoms with Crippen molar-refractivity contribution in [1.82, 2.24) is 0 Å². The molecule has 0 spiro atoms. The van der Waals surface area contributed by atoms with Crippen LogP contribution in [0.25, 0.3) is 6.08 Å². The van der Waals surface area contributed by atoms with E-state index in [2.05, 4.69) is 0 Å². The van der Waals surface area contributed by atoms with Gasteiger partial charge in [-0.15, -0.1) is 0 Å². The maximum absolute atomic E-state index is 10.2. The number of aliphatic hydroxyl groups is 3. The molecule has 0 aliphatic carbocycles. The van der Waals surface area contributed by atoms with Gasteiger partial charge in [-0.25, -0.2) is 0 Å². The number of benzene rings is 2. The molecule has 31 heavy (non-hydrogen) atoms. The lowest BCUT2D eigenvalue weighted by atomic mass is 10.00. The van der Waals surface area contributed by atoms with Crippen molar-refractivity contribution < 1.29 is 55.1 Å². The Morgan fingerprint density at radius 2 is 1.52 bits per heavy atom. The van der Waals surface area contributed by atoms with Gasteiger partial charge in [0.1, 0.15) is 41.3 Å². The number of phenolic OH excluding ortho intramolecular Hbond substituents is 5. The highest BCUT2D eigenvalue weighted by atomic mass is 16.7. The third kappa shape index (κ3) is 3.75. The Morgan fingerprint density at radius 1 is 0.839 bits per heavy atom. The van der Waals surface area contributed by atoms with Gasteiger partial charge in [-0.2, -0.15) is 0 Å². The van der Waals surface area contributed by atoms with Gasteiger partial charge in [-0.05, 0) is 18.2 Å². The number of phenols is 5. The molecule has 2 aromatic rings. The zero-order chi connectivity index (χ0) is 22.4. The number of aliphatic hydroxyl groups excluding tert-OH is 3. The Balaban J connectivity index is 1.76. The van der Waals surface area contributed by atoms with Gasteiger partial charge in [0.2, 0.25) is 6.29 Å². The van der Waals surface area contributed by atoms with Crippen LogP contribution in [0, 0.1) is 0 Å². The molecule has 0 saturated carbocycles. The molecule has 0 aromatic heterocycles. The summed E-state index contributed by atoms with van der Waals surface area (Å²) in [6, 6.07) is 4.49. The molecule has 0 bridgehead atoms. The molecule has 2 heterocycles. The molecular formula is C20H20O11. The van der Waals surface area contributed by atoms with Gasteiger partial charge in [0, 0.05) is 17.7 Å². The van der Waals surface area contributed by atoms with Crippen LogP contribution in [-0.2, 0) is 9.47 Å². The summed E-state index contributed by atoms with van der Waals surface area (Å²) in [6.07, 6.45) is -5.77. The first-order valence-electron chi connectivity index (χ1n) is 9.17. The van der Waals surface area contributed by atoms with Crippen LogP contribution in [0.2, 0.25) is 0 Å². The van der Waals surface area contributed by atoms with Gasteiger partial charge in [0.05, 0.1) is 12.2 Å². The predicted octanol–water partition coefficient (Wildman–Crippen LogP) is 0.145. The van der Waals surface area contributed by atoms with Crippen molar-refractivity contribution in [2.45, 2.75) is 30.7 Å². The Kier molecular flexibility index (Phi) is 5.19. The molecule has 4 rings (SSSR count). The number of fused-ring (bicyclic) bond motifs is 1. The van der Waals surface area contributed by atoms with Crippen LogP contribution >= 0.6 is 0 Å². The van der Waals surface area contributed by atoms with E-state index in [1.54, 1.807) is 0 Å².